The molecule has 0 bridgehead atoms. The van der Waals surface area contributed by atoms with Crippen LogP contribution in [0.1, 0.15) is 41.0 Å². The minimum absolute atomic E-state index is 0.134. The zero-order valence-corrected chi connectivity index (χ0v) is 11.7. The molecule has 0 aromatic heterocycles. The molecule has 0 amide bonds. The average Bonchev–Trinajstić information content (AvgIpc) is 2.43. The van der Waals surface area contributed by atoms with Gasteiger partial charge in [-0.05, 0) is 26.0 Å². The largest absolute Gasteiger partial charge is 0.462 e. The molecule has 108 valence electrons. The highest BCUT2D eigenvalue weighted by atomic mass is 16.6. The van der Waals surface area contributed by atoms with Gasteiger partial charge in [0.15, 0.2) is 0 Å². The zero-order valence-electron chi connectivity index (χ0n) is 11.7. The Morgan fingerprint density at radius 2 is 1.55 bits per heavy atom. The van der Waals surface area contributed by atoms with E-state index in [1.807, 2.05) is 13.8 Å². The molecular formula is C15H18O5. The number of fused-ring (bicyclic) bond motifs is 1. The third-order valence-corrected chi connectivity index (χ3v) is 2.93. The smallest absolute Gasteiger partial charge is 0.339 e. The molecular weight excluding hydrogens is 260 g/mol. The van der Waals surface area contributed by atoms with Gasteiger partial charge in [0, 0.05) is 6.42 Å². The summed E-state index contributed by atoms with van der Waals surface area (Å²) in [6.45, 7) is 4.54. The Balaban J connectivity index is 2.27. The van der Waals surface area contributed by atoms with Crippen molar-refractivity contribution >= 4 is 11.9 Å². The van der Waals surface area contributed by atoms with E-state index in [-0.39, 0.29) is 24.3 Å². The fraction of sp³-hybridized carbons (Fsp3) is 0.467. The molecule has 1 aromatic carbocycles. The minimum atomic E-state index is -0.562. The Hall–Kier alpha value is -1.88. The number of carbonyl (C=O) groups excluding carboxylic acids is 2. The molecule has 0 aliphatic carbocycles. The number of hydrogen-bond acceptors (Lipinski definition) is 5. The number of cyclic esters (lactones) is 2. The number of hydrogen-bond donors (Lipinski definition) is 0. The van der Waals surface area contributed by atoms with Crippen LogP contribution < -0.4 is 0 Å². The molecule has 0 unspecified atom stereocenters. The molecule has 2 rings (SSSR count). The van der Waals surface area contributed by atoms with E-state index in [9.17, 15) is 9.59 Å². The Kier molecular flexibility index (Phi) is 4.39. The van der Waals surface area contributed by atoms with Gasteiger partial charge in [-0.25, -0.2) is 9.59 Å². The SMILES string of the molecule is CC1(C)COC(=O)c2ccccc2C(=O)OCCCO1. The maximum Gasteiger partial charge on any atom is 0.339 e. The first-order chi connectivity index (χ1) is 9.49. The predicted molar refractivity (Wildman–Crippen MR) is 71.7 cm³/mol. The molecule has 0 N–H and O–H groups in total. The lowest BCUT2D eigenvalue weighted by atomic mass is 10.1. The van der Waals surface area contributed by atoms with Gasteiger partial charge in [0.2, 0.25) is 0 Å². The third kappa shape index (κ3) is 3.57. The second-order valence-corrected chi connectivity index (χ2v) is 5.22. The molecule has 0 spiro atoms. The van der Waals surface area contributed by atoms with Gasteiger partial charge in [0.1, 0.15) is 6.61 Å². The highest BCUT2D eigenvalue weighted by molar-refractivity contribution is 6.03. The van der Waals surface area contributed by atoms with Crippen LogP contribution in [0.3, 0.4) is 0 Å². The summed E-state index contributed by atoms with van der Waals surface area (Å²) in [5, 5.41) is 0. The van der Waals surface area contributed by atoms with E-state index in [4.69, 9.17) is 14.2 Å². The number of carbonyl (C=O) groups is 2. The number of esters is 2. The van der Waals surface area contributed by atoms with Crippen molar-refractivity contribution in [3.8, 4) is 0 Å². The Bertz CT molecular complexity index is 507. The second kappa shape index (κ2) is 6.05. The van der Waals surface area contributed by atoms with Crippen LogP contribution in [0.4, 0.5) is 0 Å². The van der Waals surface area contributed by atoms with Crippen LogP contribution in [-0.4, -0.2) is 37.4 Å². The van der Waals surface area contributed by atoms with E-state index >= 15 is 0 Å². The van der Waals surface area contributed by atoms with E-state index < -0.39 is 17.5 Å². The van der Waals surface area contributed by atoms with Crippen molar-refractivity contribution in [2.45, 2.75) is 25.9 Å². The van der Waals surface area contributed by atoms with Crippen molar-refractivity contribution in [2.75, 3.05) is 19.8 Å². The van der Waals surface area contributed by atoms with Crippen molar-refractivity contribution in [2.24, 2.45) is 0 Å². The third-order valence-electron chi connectivity index (χ3n) is 2.93. The van der Waals surface area contributed by atoms with Crippen LogP contribution in [-0.2, 0) is 14.2 Å². The summed E-state index contributed by atoms with van der Waals surface area (Å²) in [6.07, 6.45) is 0.602. The molecule has 1 aromatic rings. The second-order valence-electron chi connectivity index (χ2n) is 5.22. The summed E-state index contributed by atoms with van der Waals surface area (Å²) in [7, 11) is 0. The predicted octanol–water partition coefficient (Wildman–Crippen LogP) is 2.20. The highest BCUT2D eigenvalue weighted by Crippen LogP contribution is 2.16. The van der Waals surface area contributed by atoms with Crippen LogP contribution >= 0.6 is 0 Å². The van der Waals surface area contributed by atoms with Crippen LogP contribution in [0.15, 0.2) is 24.3 Å². The van der Waals surface area contributed by atoms with E-state index in [0.717, 1.165) is 0 Å². The molecule has 1 aliphatic rings. The first-order valence-corrected chi connectivity index (χ1v) is 6.57. The van der Waals surface area contributed by atoms with E-state index in [1.165, 1.54) is 0 Å². The van der Waals surface area contributed by atoms with Crippen molar-refractivity contribution in [1.29, 1.82) is 0 Å². The Labute approximate surface area is 117 Å². The molecule has 5 heteroatoms. The molecule has 5 nitrogen and oxygen atoms in total. The topological polar surface area (TPSA) is 61.8 Å². The number of ether oxygens (including phenoxy) is 3. The standard InChI is InChI=1S/C15H18O5/c1-15(2)10-19-14(17)12-7-4-3-6-11(12)13(16)18-8-5-9-20-15/h3-4,6-7H,5,8-10H2,1-2H3. The van der Waals surface area contributed by atoms with Gasteiger partial charge >= 0.3 is 11.9 Å². The first-order valence-electron chi connectivity index (χ1n) is 6.57. The van der Waals surface area contributed by atoms with Gasteiger partial charge in [-0.2, -0.15) is 0 Å². The number of benzene rings is 1. The van der Waals surface area contributed by atoms with Gasteiger partial charge in [-0.15, -0.1) is 0 Å². The lowest BCUT2D eigenvalue weighted by Gasteiger charge is -2.25. The Morgan fingerprint density at radius 1 is 0.950 bits per heavy atom. The summed E-state index contributed by atoms with van der Waals surface area (Å²) in [5.41, 5.74) is -0.112. The van der Waals surface area contributed by atoms with Crippen molar-refractivity contribution < 1.29 is 23.8 Å². The van der Waals surface area contributed by atoms with Crippen LogP contribution in [0.5, 0.6) is 0 Å². The lowest BCUT2D eigenvalue weighted by Crippen LogP contribution is -2.33. The van der Waals surface area contributed by atoms with E-state index in [2.05, 4.69) is 0 Å². The summed E-state index contributed by atoms with van der Waals surface area (Å²) in [5.74, 6) is -1.06. The van der Waals surface area contributed by atoms with Gasteiger partial charge < -0.3 is 14.2 Å². The van der Waals surface area contributed by atoms with Crippen LogP contribution in [0, 0.1) is 0 Å². The molecule has 0 atom stereocenters. The van der Waals surface area contributed by atoms with Gasteiger partial charge in [-0.3, -0.25) is 0 Å². The van der Waals surface area contributed by atoms with Crippen molar-refractivity contribution in [3.63, 3.8) is 0 Å². The summed E-state index contributed by atoms with van der Waals surface area (Å²) in [4.78, 5) is 24.0. The molecule has 1 aliphatic heterocycles. The molecule has 0 saturated heterocycles. The summed E-state index contributed by atoms with van der Waals surface area (Å²) >= 11 is 0. The molecule has 0 fully saturated rings. The fourth-order valence-corrected chi connectivity index (χ4v) is 1.85. The average molecular weight is 278 g/mol. The van der Waals surface area contributed by atoms with Gasteiger partial charge in [0.05, 0.1) is 29.9 Å². The summed E-state index contributed by atoms with van der Waals surface area (Å²) < 4.78 is 16.0. The lowest BCUT2D eigenvalue weighted by molar-refractivity contribution is -0.0660. The molecule has 1 heterocycles. The van der Waals surface area contributed by atoms with Crippen LogP contribution in [0.25, 0.3) is 0 Å². The highest BCUT2D eigenvalue weighted by Gasteiger charge is 2.25. The monoisotopic (exact) mass is 278 g/mol. The quantitative estimate of drug-likeness (QED) is 0.681. The van der Waals surface area contributed by atoms with Crippen molar-refractivity contribution in [1.82, 2.24) is 0 Å². The van der Waals surface area contributed by atoms with Crippen LogP contribution in [0.2, 0.25) is 0 Å². The van der Waals surface area contributed by atoms with E-state index in [0.29, 0.717) is 13.0 Å². The maximum atomic E-state index is 12.1. The molecule has 0 saturated carbocycles. The first kappa shape index (κ1) is 14.5. The zero-order chi connectivity index (χ0) is 14.6. The van der Waals surface area contributed by atoms with E-state index in [1.54, 1.807) is 24.3 Å². The van der Waals surface area contributed by atoms with Crippen molar-refractivity contribution in [3.05, 3.63) is 35.4 Å². The molecule has 0 radical (unpaired) electrons. The minimum Gasteiger partial charge on any atom is -0.462 e. The maximum absolute atomic E-state index is 12.1. The summed E-state index contributed by atoms with van der Waals surface area (Å²) in [6, 6.07) is 6.48. The molecule has 20 heavy (non-hydrogen) atoms. The van der Waals surface area contributed by atoms with Gasteiger partial charge in [0.25, 0.3) is 0 Å². The Morgan fingerprint density at radius 3 is 2.20 bits per heavy atom. The number of rotatable bonds is 0. The van der Waals surface area contributed by atoms with Gasteiger partial charge in [-0.1, -0.05) is 12.1 Å². The fourth-order valence-electron chi connectivity index (χ4n) is 1.85. The normalized spacial score (nSPS) is 19.9.